The molecule has 1 heterocycles. The Morgan fingerprint density at radius 1 is 1.10 bits per heavy atom. The second-order valence-electron chi connectivity index (χ2n) is 6.23. The van der Waals surface area contributed by atoms with Gasteiger partial charge < -0.3 is 9.84 Å². The van der Waals surface area contributed by atoms with Crippen LogP contribution in [0.3, 0.4) is 0 Å². The van der Waals surface area contributed by atoms with E-state index in [9.17, 15) is 9.90 Å². The molecule has 0 spiro atoms. The van der Waals surface area contributed by atoms with Crippen LogP contribution in [0.4, 0.5) is 0 Å². The normalized spacial score (nSPS) is 11.2. The number of benzene rings is 3. The van der Waals surface area contributed by atoms with Crippen LogP contribution in [0.5, 0.6) is 11.5 Å². The van der Waals surface area contributed by atoms with E-state index in [0.29, 0.717) is 32.5 Å². The summed E-state index contributed by atoms with van der Waals surface area (Å²) in [6.45, 7) is 0. The molecule has 0 amide bonds. The zero-order valence-electron chi connectivity index (χ0n) is 15.4. The van der Waals surface area contributed by atoms with Gasteiger partial charge in [0.15, 0.2) is 17.3 Å². The van der Waals surface area contributed by atoms with E-state index < -0.39 is 0 Å². The predicted octanol–water partition coefficient (Wildman–Crippen LogP) is 4.42. The highest BCUT2D eigenvalue weighted by molar-refractivity contribution is 9.10. The van der Waals surface area contributed by atoms with Crippen LogP contribution in [-0.4, -0.2) is 28.1 Å². The minimum absolute atomic E-state index is 0.00559. The molecular formula is C22H16BrN3O3. The van der Waals surface area contributed by atoms with Gasteiger partial charge in [-0.05, 0) is 40.2 Å². The lowest BCUT2D eigenvalue weighted by molar-refractivity contribution is 0.373. The maximum Gasteiger partial charge on any atom is 0.282 e. The molecule has 0 radical (unpaired) electrons. The Balaban J connectivity index is 1.92. The molecule has 0 aliphatic heterocycles. The lowest BCUT2D eigenvalue weighted by Gasteiger charge is -2.10. The number of para-hydroxylation sites is 1. The molecular weight excluding hydrogens is 434 g/mol. The molecule has 0 fully saturated rings. The molecule has 6 nitrogen and oxygen atoms in total. The Kier molecular flexibility index (Phi) is 5.14. The van der Waals surface area contributed by atoms with Crippen LogP contribution >= 0.6 is 15.9 Å². The van der Waals surface area contributed by atoms with Crippen molar-refractivity contribution in [3.05, 3.63) is 87.1 Å². The number of hydrogen-bond acceptors (Lipinski definition) is 5. The van der Waals surface area contributed by atoms with Gasteiger partial charge in [-0.1, -0.05) is 42.5 Å². The molecule has 144 valence electrons. The number of rotatable bonds is 4. The van der Waals surface area contributed by atoms with Crippen molar-refractivity contribution in [1.29, 1.82) is 0 Å². The molecule has 0 bridgehead atoms. The molecule has 0 aliphatic carbocycles. The first kappa shape index (κ1) is 18.9. The van der Waals surface area contributed by atoms with E-state index in [1.54, 1.807) is 24.3 Å². The average Bonchev–Trinajstić information content (AvgIpc) is 2.75. The van der Waals surface area contributed by atoms with Gasteiger partial charge in [-0.15, -0.1) is 0 Å². The smallest absolute Gasteiger partial charge is 0.282 e. The summed E-state index contributed by atoms with van der Waals surface area (Å²) in [4.78, 5) is 17.8. The Morgan fingerprint density at radius 2 is 1.83 bits per heavy atom. The first-order valence-electron chi connectivity index (χ1n) is 8.76. The van der Waals surface area contributed by atoms with Crippen LogP contribution in [0.2, 0.25) is 0 Å². The van der Waals surface area contributed by atoms with E-state index in [1.165, 1.54) is 24.1 Å². The van der Waals surface area contributed by atoms with Gasteiger partial charge >= 0.3 is 0 Å². The molecule has 1 N–H and O–H groups in total. The largest absolute Gasteiger partial charge is 0.504 e. The number of nitrogens with zero attached hydrogens (tertiary/aromatic N) is 3. The highest BCUT2D eigenvalue weighted by Gasteiger charge is 2.12. The van der Waals surface area contributed by atoms with Gasteiger partial charge in [0, 0.05) is 15.6 Å². The van der Waals surface area contributed by atoms with Gasteiger partial charge in [0.2, 0.25) is 0 Å². The predicted molar refractivity (Wildman–Crippen MR) is 117 cm³/mol. The second-order valence-corrected chi connectivity index (χ2v) is 7.08. The topological polar surface area (TPSA) is 76.7 Å². The second kappa shape index (κ2) is 7.89. The molecule has 29 heavy (non-hydrogen) atoms. The van der Waals surface area contributed by atoms with Crippen LogP contribution < -0.4 is 10.3 Å². The summed E-state index contributed by atoms with van der Waals surface area (Å²) in [6.07, 6.45) is 1.52. The molecule has 3 aromatic carbocycles. The van der Waals surface area contributed by atoms with Gasteiger partial charge in [-0.25, -0.2) is 4.98 Å². The van der Waals surface area contributed by atoms with E-state index in [0.717, 1.165) is 5.56 Å². The van der Waals surface area contributed by atoms with Gasteiger partial charge in [-0.2, -0.15) is 9.78 Å². The molecule has 0 atom stereocenters. The lowest BCUT2D eigenvalue weighted by Crippen LogP contribution is -2.20. The molecule has 0 aliphatic rings. The van der Waals surface area contributed by atoms with E-state index in [-0.39, 0.29) is 11.3 Å². The SMILES string of the molecule is COc1cc(C=Nn2c(-c3ccccc3)nc3ccccc3c2=O)c(Br)cc1O. The van der Waals surface area contributed by atoms with Crippen molar-refractivity contribution in [2.45, 2.75) is 0 Å². The Labute approximate surface area is 174 Å². The lowest BCUT2D eigenvalue weighted by atomic mass is 10.2. The third-order valence-electron chi connectivity index (χ3n) is 4.40. The number of aromatic hydroxyl groups is 1. The molecule has 4 rings (SSSR count). The van der Waals surface area contributed by atoms with Crippen LogP contribution in [0.25, 0.3) is 22.3 Å². The summed E-state index contributed by atoms with van der Waals surface area (Å²) in [7, 11) is 1.47. The molecule has 0 unspecified atom stereocenters. The zero-order valence-corrected chi connectivity index (χ0v) is 17.0. The van der Waals surface area contributed by atoms with Crippen molar-refractivity contribution in [2.24, 2.45) is 5.10 Å². The Bertz CT molecular complexity index is 1280. The summed E-state index contributed by atoms with van der Waals surface area (Å²) in [5.41, 5.74) is 1.75. The summed E-state index contributed by atoms with van der Waals surface area (Å²) in [6, 6.07) is 19.7. The van der Waals surface area contributed by atoms with Crippen molar-refractivity contribution < 1.29 is 9.84 Å². The highest BCUT2D eigenvalue weighted by Crippen LogP contribution is 2.31. The molecule has 0 saturated heterocycles. The average molecular weight is 450 g/mol. The van der Waals surface area contributed by atoms with Gasteiger partial charge in [0.05, 0.1) is 24.2 Å². The van der Waals surface area contributed by atoms with Crippen molar-refractivity contribution in [1.82, 2.24) is 9.66 Å². The van der Waals surface area contributed by atoms with Crippen LogP contribution in [0.1, 0.15) is 5.56 Å². The number of hydrogen-bond donors (Lipinski definition) is 1. The van der Waals surface area contributed by atoms with Gasteiger partial charge in [0.25, 0.3) is 5.56 Å². The fourth-order valence-electron chi connectivity index (χ4n) is 2.95. The number of phenolic OH excluding ortho intramolecular Hbond substituents is 1. The van der Waals surface area contributed by atoms with Gasteiger partial charge in [-0.3, -0.25) is 4.79 Å². The summed E-state index contributed by atoms with van der Waals surface area (Å²) in [5.74, 6) is 0.750. The van der Waals surface area contributed by atoms with Gasteiger partial charge in [0.1, 0.15) is 0 Å². The number of aromatic nitrogens is 2. The van der Waals surface area contributed by atoms with E-state index in [4.69, 9.17) is 4.74 Å². The fourth-order valence-corrected chi connectivity index (χ4v) is 3.38. The van der Waals surface area contributed by atoms with Crippen molar-refractivity contribution in [2.75, 3.05) is 7.11 Å². The van der Waals surface area contributed by atoms with Crippen molar-refractivity contribution in [3.8, 4) is 22.9 Å². The summed E-state index contributed by atoms with van der Waals surface area (Å²) >= 11 is 3.40. The standard InChI is InChI=1S/C22H16BrN3O3/c1-29-20-11-15(17(23)12-19(20)27)13-24-26-21(14-7-3-2-4-8-14)25-18-10-6-5-9-16(18)22(26)28/h2-13,27H,1H3. The number of fused-ring (bicyclic) bond motifs is 1. The maximum atomic E-state index is 13.1. The van der Waals surface area contributed by atoms with Crippen LogP contribution in [0, 0.1) is 0 Å². The fraction of sp³-hybridized carbons (Fsp3) is 0.0455. The van der Waals surface area contributed by atoms with Crippen LogP contribution in [-0.2, 0) is 0 Å². The Hall–Kier alpha value is -3.45. The third kappa shape index (κ3) is 3.64. The van der Waals surface area contributed by atoms with E-state index in [1.807, 2.05) is 36.4 Å². The van der Waals surface area contributed by atoms with Crippen LogP contribution in [0.15, 0.2) is 81.1 Å². The minimum Gasteiger partial charge on any atom is -0.504 e. The summed E-state index contributed by atoms with van der Waals surface area (Å²) < 4.78 is 7.05. The molecule has 7 heteroatoms. The zero-order chi connectivity index (χ0) is 20.4. The molecule has 1 aromatic heterocycles. The first-order chi connectivity index (χ1) is 14.1. The Morgan fingerprint density at radius 3 is 2.59 bits per heavy atom. The third-order valence-corrected chi connectivity index (χ3v) is 5.08. The number of halogens is 1. The molecule has 0 saturated carbocycles. The highest BCUT2D eigenvalue weighted by atomic mass is 79.9. The molecule has 4 aromatic rings. The first-order valence-corrected chi connectivity index (χ1v) is 9.56. The summed E-state index contributed by atoms with van der Waals surface area (Å²) in [5, 5.41) is 14.8. The minimum atomic E-state index is -0.271. The van der Waals surface area contributed by atoms with E-state index >= 15 is 0 Å². The number of ether oxygens (including phenoxy) is 1. The maximum absolute atomic E-state index is 13.1. The quantitative estimate of drug-likeness (QED) is 0.467. The number of phenols is 1. The van der Waals surface area contributed by atoms with Crippen molar-refractivity contribution in [3.63, 3.8) is 0 Å². The number of methoxy groups -OCH3 is 1. The van der Waals surface area contributed by atoms with Crippen molar-refractivity contribution >= 4 is 33.0 Å². The van der Waals surface area contributed by atoms with E-state index in [2.05, 4.69) is 26.0 Å². The monoisotopic (exact) mass is 449 g/mol.